The lowest BCUT2D eigenvalue weighted by atomic mass is 10.1. The van der Waals surface area contributed by atoms with Gasteiger partial charge in [0, 0.05) is 5.57 Å². The Labute approximate surface area is 60.7 Å². The smallest absolute Gasteiger partial charge is 0.256 e. The molecule has 0 unspecified atom stereocenters. The van der Waals surface area contributed by atoms with Crippen LogP contribution in [-0.4, -0.2) is 26.1 Å². The van der Waals surface area contributed by atoms with Gasteiger partial charge in [-0.2, -0.15) is 4.39 Å². The van der Waals surface area contributed by atoms with Crippen LogP contribution >= 0.6 is 0 Å². The molecule has 0 atom stereocenters. The first-order chi connectivity index (χ1) is 5.17. The highest BCUT2D eigenvalue weighted by Gasteiger charge is 2.14. The first kappa shape index (κ1) is 10.1. The normalized spacial score (nSPS) is 9.45. The average molecular weight is 170 g/mol. The Morgan fingerprint density at radius 2 is 1.45 bits per heavy atom. The summed E-state index contributed by atoms with van der Waals surface area (Å²) in [6, 6.07) is -2.11. The van der Waals surface area contributed by atoms with Crippen LogP contribution < -0.4 is 0 Å². The summed E-state index contributed by atoms with van der Waals surface area (Å²) in [5, 5.41) is 0. The fourth-order valence-electron chi connectivity index (χ4n) is 0.483. The zero-order valence-corrected chi connectivity index (χ0v) is 5.54. The molecule has 0 saturated carbocycles. The van der Waals surface area contributed by atoms with Crippen molar-refractivity contribution in [3.63, 3.8) is 0 Å². The average Bonchev–Trinajstić information content (AvgIpc) is 1.99. The van der Waals surface area contributed by atoms with Crippen molar-refractivity contribution < 1.29 is 22.4 Å². The molecule has 0 rings (SSSR count). The largest absolute Gasteiger partial charge is 0.330 e. The van der Waals surface area contributed by atoms with Gasteiger partial charge in [0.25, 0.3) is 0 Å². The SMILES string of the molecule is O=C(F)C(CF)=C(CF)CF. The molecule has 0 aliphatic rings. The van der Waals surface area contributed by atoms with E-state index < -0.39 is 37.2 Å². The van der Waals surface area contributed by atoms with Crippen molar-refractivity contribution in [2.45, 2.75) is 0 Å². The molecule has 0 spiro atoms. The number of allylic oxidation sites excluding steroid dienone is 2. The molecule has 64 valence electrons. The fourth-order valence-corrected chi connectivity index (χ4v) is 0.483. The molecule has 0 aliphatic heterocycles. The first-order valence-corrected chi connectivity index (χ1v) is 2.76. The van der Waals surface area contributed by atoms with E-state index in [0.717, 1.165) is 0 Å². The van der Waals surface area contributed by atoms with Crippen molar-refractivity contribution in [1.29, 1.82) is 0 Å². The van der Waals surface area contributed by atoms with Crippen LogP contribution in [0.5, 0.6) is 0 Å². The van der Waals surface area contributed by atoms with E-state index in [1.165, 1.54) is 0 Å². The lowest BCUT2D eigenvalue weighted by Gasteiger charge is -1.99. The second kappa shape index (κ2) is 4.87. The molecule has 0 N–H and O–H groups in total. The van der Waals surface area contributed by atoms with Crippen molar-refractivity contribution >= 4 is 6.04 Å². The van der Waals surface area contributed by atoms with Gasteiger partial charge >= 0.3 is 6.04 Å². The lowest BCUT2D eigenvalue weighted by Crippen LogP contribution is -2.05. The Balaban J connectivity index is 4.62. The number of alkyl halides is 3. The number of hydrogen-bond acceptors (Lipinski definition) is 1. The summed E-state index contributed by atoms with van der Waals surface area (Å²) in [5.74, 6) is 0. The Hall–Kier alpha value is -0.870. The third-order valence-electron chi connectivity index (χ3n) is 1.12. The third kappa shape index (κ3) is 2.69. The molecular formula is C6H6F4O. The Morgan fingerprint density at radius 3 is 1.55 bits per heavy atom. The van der Waals surface area contributed by atoms with Crippen LogP contribution in [0.1, 0.15) is 0 Å². The second-order valence-electron chi connectivity index (χ2n) is 1.76. The van der Waals surface area contributed by atoms with Gasteiger partial charge in [-0.05, 0) is 0 Å². The van der Waals surface area contributed by atoms with Gasteiger partial charge in [0.1, 0.15) is 20.0 Å². The maximum Gasteiger partial charge on any atom is 0.330 e. The van der Waals surface area contributed by atoms with E-state index in [9.17, 15) is 22.4 Å². The summed E-state index contributed by atoms with van der Waals surface area (Å²) in [7, 11) is 0. The van der Waals surface area contributed by atoms with Crippen molar-refractivity contribution in [1.82, 2.24) is 0 Å². The van der Waals surface area contributed by atoms with Gasteiger partial charge in [0.15, 0.2) is 0 Å². The molecule has 0 aromatic heterocycles. The van der Waals surface area contributed by atoms with E-state index in [1.807, 2.05) is 0 Å². The molecule has 11 heavy (non-hydrogen) atoms. The summed E-state index contributed by atoms with van der Waals surface area (Å²) in [6.45, 7) is -4.16. The van der Waals surface area contributed by atoms with Gasteiger partial charge in [-0.25, -0.2) is 13.2 Å². The van der Waals surface area contributed by atoms with Gasteiger partial charge in [-0.1, -0.05) is 0 Å². The van der Waals surface area contributed by atoms with Crippen LogP contribution in [0, 0.1) is 0 Å². The Kier molecular flexibility index (Phi) is 4.49. The maximum absolute atomic E-state index is 11.7. The lowest BCUT2D eigenvalue weighted by molar-refractivity contribution is -0.125. The second-order valence-corrected chi connectivity index (χ2v) is 1.76. The van der Waals surface area contributed by atoms with Gasteiger partial charge < -0.3 is 0 Å². The topological polar surface area (TPSA) is 17.1 Å². The molecule has 1 nitrogen and oxygen atoms in total. The highest BCUT2D eigenvalue weighted by atomic mass is 19.1. The molecular weight excluding hydrogens is 164 g/mol. The molecule has 0 saturated heterocycles. The number of halogens is 4. The van der Waals surface area contributed by atoms with Gasteiger partial charge in [-0.15, -0.1) is 0 Å². The van der Waals surface area contributed by atoms with E-state index in [0.29, 0.717) is 0 Å². The van der Waals surface area contributed by atoms with Crippen LogP contribution in [0.3, 0.4) is 0 Å². The summed E-state index contributed by atoms with van der Waals surface area (Å²) in [6.07, 6.45) is 0. The zero-order valence-electron chi connectivity index (χ0n) is 5.54. The van der Waals surface area contributed by atoms with Crippen LogP contribution in [0.15, 0.2) is 11.1 Å². The van der Waals surface area contributed by atoms with Gasteiger partial charge in [0.2, 0.25) is 0 Å². The van der Waals surface area contributed by atoms with E-state index in [4.69, 9.17) is 0 Å². The van der Waals surface area contributed by atoms with Crippen molar-refractivity contribution in [3.8, 4) is 0 Å². The minimum absolute atomic E-state index is 0.764. The summed E-state index contributed by atoms with van der Waals surface area (Å²) in [5.41, 5.74) is -1.81. The van der Waals surface area contributed by atoms with Gasteiger partial charge in [0.05, 0.1) is 5.57 Å². The molecule has 0 amide bonds. The molecule has 0 heterocycles. The standard InChI is InChI=1S/C6H6F4O/c7-1-4(2-8)5(3-9)6(10)11/h1-3H2. The fraction of sp³-hybridized carbons (Fsp3) is 0.500. The summed E-state index contributed by atoms with van der Waals surface area (Å²) >= 11 is 0. The highest BCUT2D eigenvalue weighted by Crippen LogP contribution is 2.09. The summed E-state index contributed by atoms with van der Waals surface area (Å²) in [4.78, 5) is 9.84. The monoisotopic (exact) mass is 170 g/mol. The van der Waals surface area contributed by atoms with Gasteiger partial charge in [-0.3, -0.25) is 4.79 Å². The molecule has 5 heteroatoms. The van der Waals surface area contributed by atoms with Crippen molar-refractivity contribution in [2.24, 2.45) is 0 Å². The molecule has 0 radical (unpaired) electrons. The Bertz CT molecular complexity index is 169. The number of carbonyl (C=O) groups excluding carboxylic acids is 1. The molecule has 0 fully saturated rings. The molecule has 0 aliphatic carbocycles. The maximum atomic E-state index is 11.7. The Morgan fingerprint density at radius 1 is 1.00 bits per heavy atom. The number of carbonyl (C=O) groups is 1. The predicted octanol–water partition coefficient (Wildman–Crippen LogP) is 1.69. The molecule has 0 bridgehead atoms. The van der Waals surface area contributed by atoms with E-state index in [2.05, 4.69) is 0 Å². The highest BCUT2D eigenvalue weighted by molar-refractivity contribution is 5.88. The van der Waals surface area contributed by atoms with E-state index in [1.54, 1.807) is 0 Å². The number of rotatable bonds is 4. The van der Waals surface area contributed by atoms with E-state index >= 15 is 0 Å². The van der Waals surface area contributed by atoms with Crippen LogP contribution in [0.4, 0.5) is 17.6 Å². The van der Waals surface area contributed by atoms with E-state index in [-0.39, 0.29) is 0 Å². The van der Waals surface area contributed by atoms with Crippen molar-refractivity contribution in [3.05, 3.63) is 11.1 Å². The van der Waals surface area contributed by atoms with Crippen LogP contribution in [0.25, 0.3) is 0 Å². The number of hydrogen-bond donors (Lipinski definition) is 0. The summed E-state index contributed by atoms with van der Waals surface area (Å²) < 4.78 is 46.7. The predicted molar refractivity (Wildman–Crippen MR) is 31.1 cm³/mol. The minimum Gasteiger partial charge on any atom is -0.256 e. The quantitative estimate of drug-likeness (QED) is 0.356. The van der Waals surface area contributed by atoms with Crippen molar-refractivity contribution in [2.75, 3.05) is 20.0 Å². The minimum atomic E-state index is -2.11. The third-order valence-corrected chi connectivity index (χ3v) is 1.12. The molecule has 0 aromatic carbocycles. The molecule has 0 aromatic rings. The zero-order chi connectivity index (χ0) is 8.85. The first-order valence-electron chi connectivity index (χ1n) is 2.76. The van der Waals surface area contributed by atoms with Crippen LogP contribution in [-0.2, 0) is 4.79 Å². The van der Waals surface area contributed by atoms with Crippen LogP contribution in [0.2, 0.25) is 0 Å².